The number of nitrogens with zero attached hydrogens (tertiary/aromatic N) is 1. The zero-order valence-electron chi connectivity index (χ0n) is 12.6. The predicted octanol–water partition coefficient (Wildman–Crippen LogP) is 1.76. The lowest BCUT2D eigenvalue weighted by Crippen LogP contribution is -2.42. The first kappa shape index (κ1) is 14.5. The van der Waals surface area contributed by atoms with Gasteiger partial charge in [0.15, 0.2) is 0 Å². The number of carbonyl (C=O) groups excluding carboxylic acids is 1. The lowest BCUT2D eigenvalue weighted by Gasteiger charge is -2.27. The Morgan fingerprint density at radius 2 is 1.81 bits per heavy atom. The van der Waals surface area contributed by atoms with Crippen LogP contribution >= 0.6 is 0 Å². The minimum atomic E-state index is 0.0793. The van der Waals surface area contributed by atoms with Crippen molar-refractivity contribution in [2.24, 2.45) is 0 Å². The smallest absolute Gasteiger partial charge is 0.251 e. The first-order chi connectivity index (χ1) is 10.3. The van der Waals surface area contributed by atoms with Crippen molar-refractivity contribution in [1.29, 1.82) is 0 Å². The molecule has 2 N–H and O–H groups in total. The lowest BCUT2D eigenvalue weighted by atomic mass is 10.1. The van der Waals surface area contributed by atoms with Crippen molar-refractivity contribution < 1.29 is 4.79 Å². The Kier molecular flexibility index (Phi) is 4.88. The third kappa shape index (κ3) is 4.05. The minimum Gasteiger partial charge on any atom is -0.349 e. The van der Waals surface area contributed by atoms with Gasteiger partial charge in [-0.2, -0.15) is 0 Å². The maximum Gasteiger partial charge on any atom is 0.251 e. The van der Waals surface area contributed by atoms with Gasteiger partial charge < -0.3 is 10.6 Å². The monoisotopic (exact) mass is 287 g/mol. The predicted molar refractivity (Wildman–Crippen MR) is 84.3 cm³/mol. The highest BCUT2D eigenvalue weighted by atomic mass is 16.1. The number of nitrogens with one attached hydrogen (secondary N) is 2. The molecule has 4 nitrogen and oxygen atoms in total. The quantitative estimate of drug-likeness (QED) is 0.887. The Hall–Kier alpha value is -1.39. The molecule has 2 aliphatic rings. The van der Waals surface area contributed by atoms with Gasteiger partial charge in [-0.05, 0) is 30.5 Å². The molecule has 0 aromatic heterocycles. The molecular weight excluding hydrogens is 262 g/mol. The molecule has 1 aliphatic carbocycles. The summed E-state index contributed by atoms with van der Waals surface area (Å²) in [4.78, 5) is 14.6. The van der Waals surface area contributed by atoms with Gasteiger partial charge in [-0.25, -0.2) is 0 Å². The van der Waals surface area contributed by atoms with E-state index in [9.17, 15) is 4.79 Å². The normalized spacial score (nSPS) is 20.6. The van der Waals surface area contributed by atoms with E-state index in [-0.39, 0.29) is 5.91 Å². The van der Waals surface area contributed by atoms with Crippen LogP contribution in [0.25, 0.3) is 0 Å². The van der Waals surface area contributed by atoms with Crippen molar-refractivity contribution >= 4 is 5.91 Å². The van der Waals surface area contributed by atoms with Crippen LogP contribution in [0.2, 0.25) is 0 Å². The number of piperazine rings is 1. The Bertz CT molecular complexity index is 459. The zero-order valence-corrected chi connectivity index (χ0v) is 12.6. The van der Waals surface area contributed by atoms with Crippen molar-refractivity contribution in [3.05, 3.63) is 35.4 Å². The van der Waals surface area contributed by atoms with Crippen LogP contribution in [0.3, 0.4) is 0 Å². The van der Waals surface area contributed by atoms with E-state index in [0.717, 1.165) is 51.1 Å². The van der Waals surface area contributed by atoms with Crippen LogP contribution in [0.4, 0.5) is 0 Å². The second kappa shape index (κ2) is 7.05. The number of benzene rings is 1. The Morgan fingerprint density at radius 3 is 2.48 bits per heavy atom. The Labute approximate surface area is 126 Å². The van der Waals surface area contributed by atoms with Gasteiger partial charge in [0.05, 0.1) is 0 Å². The first-order valence-corrected chi connectivity index (χ1v) is 8.14. The minimum absolute atomic E-state index is 0.0793. The Balaban J connectivity index is 1.54. The van der Waals surface area contributed by atoms with Crippen molar-refractivity contribution in [3.63, 3.8) is 0 Å². The molecule has 2 fully saturated rings. The fourth-order valence-electron chi connectivity index (χ4n) is 3.23. The molecule has 0 bridgehead atoms. The molecule has 0 unspecified atom stereocenters. The van der Waals surface area contributed by atoms with Crippen LogP contribution in [0.15, 0.2) is 24.3 Å². The van der Waals surface area contributed by atoms with Crippen molar-refractivity contribution in [2.45, 2.75) is 38.3 Å². The molecule has 1 saturated heterocycles. The van der Waals surface area contributed by atoms with Crippen molar-refractivity contribution in [2.75, 3.05) is 26.2 Å². The maximum absolute atomic E-state index is 12.2. The van der Waals surface area contributed by atoms with E-state index in [4.69, 9.17) is 0 Å². The number of amides is 1. The molecule has 1 aliphatic heterocycles. The standard InChI is InChI=1S/C17H25N3O/c21-17(19-16-3-1-2-4-16)15-7-5-14(6-8-15)13-20-11-9-18-10-12-20/h5-8,16,18H,1-4,9-13H2,(H,19,21). The second-order valence-corrected chi connectivity index (χ2v) is 6.18. The third-order valence-electron chi connectivity index (χ3n) is 4.52. The number of hydrogen-bond acceptors (Lipinski definition) is 3. The topological polar surface area (TPSA) is 44.4 Å². The van der Waals surface area contributed by atoms with Crippen LogP contribution in [0.1, 0.15) is 41.6 Å². The summed E-state index contributed by atoms with van der Waals surface area (Å²) in [5.74, 6) is 0.0793. The van der Waals surface area contributed by atoms with E-state index in [0.29, 0.717) is 6.04 Å². The first-order valence-electron chi connectivity index (χ1n) is 8.14. The molecule has 114 valence electrons. The molecule has 1 aromatic carbocycles. The molecule has 1 heterocycles. The molecule has 1 saturated carbocycles. The number of hydrogen-bond donors (Lipinski definition) is 2. The van der Waals surface area contributed by atoms with Gasteiger partial charge in [-0.1, -0.05) is 25.0 Å². The summed E-state index contributed by atoms with van der Waals surface area (Å²) in [7, 11) is 0. The fourth-order valence-corrected chi connectivity index (χ4v) is 3.23. The van der Waals surface area contributed by atoms with Crippen LogP contribution in [0.5, 0.6) is 0 Å². The summed E-state index contributed by atoms with van der Waals surface area (Å²) >= 11 is 0. The van der Waals surface area contributed by atoms with E-state index in [2.05, 4.69) is 27.7 Å². The van der Waals surface area contributed by atoms with Gasteiger partial charge in [0.25, 0.3) is 5.91 Å². The van der Waals surface area contributed by atoms with Crippen molar-refractivity contribution in [3.8, 4) is 0 Å². The average Bonchev–Trinajstić information content (AvgIpc) is 3.02. The summed E-state index contributed by atoms with van der Waals surface area (Å²) in [6.07, 6.45) is 4.75. The fraction of sp³-hybridized carbons (Fsp3) is 0.588. The SMILES string of the molecule is O=C(NC1CCCC1)c1ccc(CN2CCNCC2)cc1. The molecule has 0 spiro atoms. The van der Waals surface area contributed by atoms with Gasteiger partial charge >= 0.3 is 0 Å². The molecule has 3 rings (SSSR count). The highest BCUT2D eigenvalue weighted by molar-refractivity contribution is 5.94. The van der Waals surface area contributed by atoms with Gasteiger partial charge in [-0.3, -0.25) is 9.69 Å². The van der Waals surface area contributed by atoms with Crippen molar-refractivity contribution in [1.82, 2.24) is 15.5 Å². The van der Waals surface area contributed by atoms with Gasteiger partial charge in [0.2, 0.25) is 0 Å². The summed E-state index contributed by atoms with van der Waals surface area (Å²) in [5.41, 5.74) is 2.07. The number of carbonyl (C=O) groups is 1. The Morgan fingerprint density at radius 1 is 1.14 bits per heavy atom. The van der Waals surface area contributed by atoms with E-state index in [1.54, 1.807) is 0 Å². The van der Waals surface area contributed by atoms with Gasteiger partial charge in [-0.15, -0.1) is 0 Å². The second-order valence-electron chi connectivity index (χ2n) is 6.18. The van der Waals surface area contributed by atoms with E-state index in [1.165, 1.54) is 18.4 Å². The van der Waals surface area contributed by atoms with Crippen LogP contribution < -0.4 is 10.6 Å². The zero-order chi connectivity index (χ0) is 14.5. The molecule has 4 heteroatoms. The molecule has 0 atom stereocenters. The maximum atomic E-state index is 12.2. The molecule has 1 amide bonds. The molecule has 1 aromatic rings. The van der Waals surface area contributed by atoms with E-state index in [1.807, 2.05) is 12.1 Å². The van der Waals surface area contributed by atoms with Crippen LogP contribution in [-0.2, 0) is 6.54 Å². The third-order valence-corrected chi connectivity index (χ3v) is 4.52. The number of rotatable bonds is 4. The van der Waals surface area contributed by atoms with E-state index >= 15 is 0 Å². The highest BCUT2D eigenvalue weighted by Crippen LogP contribution is 2.18. The average molecular weight is 287 g/mol. The molecular formula is C17H25N3O. The van der Waals surface area contributed by atoms with Gasteiger partial charge in [0, 0.05) is 44.3 Å². The summed E-state index contributed by atoms with van der Waals surface area (Å²) in [5, 5.41) is 6.50. The van der Waals surface area contributed by atoms with Crippen LogP contribution in [0, 0.1) is 0 Å². The van der Waals surface area contributed by atoms with Gasteiger partial charge in [0.1, 0.15) is 0 Å². The lowest BCUT2D eigenvalue weighted by molar-refractivity contribution is 0.0938. The summed E-state index contributed by atoms with van der Waals surface area (Å²) in [6.45, 7) is 5.32. The highest BCUT2D eigenvalue weighted by Gasteiger charge is 2.18. The summed E-state index contributed by atoms with van der Waals surface area (Å²) < 4.78 is 0. The molecule has 21 heavy (non-hydrogen) atoms. The van der Waals surface area contributed by atoms with Crippen LogP contribution in [-0.4, -0.2) is 43.0 Å². The largest absolute Gasteiger partial charge is 0.349 e. The molecule has 0 radical (unpaired) electrons. The van der Waals surface area contributed by atoms with E-state index < -0.39 is 0 Å². The summed E-state index contributed by atoms with van der Waals surface area (Å²) in [6, 6.07) is 8.49.